The summed E-state index contributed by atoms with van der Waals surface area (Å²) < 4.78 is 17.3. The molecule has 2 aliphatic rings. The molecule has 0 N–H and O–H groups in total. The van der Waals surface area contributed by atoms with Gasteiger partial charge in [0.15, 0.2) is 5.76 Å². The van der Waals surface area contributed by atoms with Gasteiger partial charge >= 0.3 is 0 Å². The molecule has 2 fully saturated rings. The number of fused-ring (bicyclic) bond motifs is 2. The predicted octanol–water partition coefficient (Wildman–Crippen LogP) is 2.60. The predicted molar refractivity (Wildman–Crippen MR) is 91.6 cm³/mol. The number of furan rings is 1. The Hall–Kier alpha value is -2.67. The first-order valence-electron chi connectivity index (χ1n) is 8.88. The summed E-state index contributed by atoms with van der Waals surface area (Å²) in [5, 5.41) is 8.83. The van der Waals surface area contributed by atoms with Crippen molar-refractivity contribution in [1.29, 1.82) is 0 Å². The highest BCUT2D eigenvalue weighted by Crippen LogP contribution is 2.35. The third-order valence-corrected chi connectivity index (χ3v) is 5.21. The van der Waals surface area contributed by atoms with Crippen LogP contribution >= 0.6 is 0 Å². The van der Waals surface area contributed by atoms with Crippen LogP contribution in [-0.2, 0) is 11.2 Å². The molecule has 1 amide bonds. The van der Waals surface area contributed by atoms with Crippen molar-refractivity contribution < 1.29 is 18.4 Å². The van der Waals surface area contributed by atoms with E-state index in [0.29, 0.717) is 43.0 Å². The summed E-state index contributed by atoms with van der Waals surface area (Å²) in [7, 11) is 0. The molecular weight excluding hydrogens is 334 g/mol. The number of nitrogens with zero attached hydrogens (tertiary/aromatic N) is 3. The van der Waals surface area contributed by atoms with E-state index in [-0.39, 0.29) is 18.1 Å². The summed E-state index contributed by atoms with van der Waals surface area (Å²) >= 11 is 0. The third kappa shape index (κ3) is 2.68. The van der Waals surface area contributed by atoms with E-state index in [1.807, 2.05) is 35.2 Å². The quantitative estimate of drug-likeness (QED) is 0.720. The fourth-order valence-corrected chi connectivity index (χ4v) is 4.02. The molecule has 4 heterocycles. The Bertz CT molecular complexity index is 916. The largest absolute Gasteiger partial charge is 0.451 e. The van der Waals surface area contributed by atoms with Gasteiger partial charge in [-0.15, -0.1) is 10.2 Å². The number of hydrogen-bond donors (Lipinski definition) is 0. The minimum Gasteiger partial charge on any atom is -0.451 e. The molecule has 2 aromatic heterocycles. The average molecular weight is 353 g/mol. The van der Waals surface area contributed by atoms with Gasteiger partial charge in [-0.2, -0.15) is 0 Å². The van der Waals surface area contributed by atoms with E-state index in [2.05, 4.69) is 10.2 Å². The summed E-state index contributed by atoms with van der Waals surface area (Å²) in [6.45, 7) is 3.07. The van der Waals surface area contributed by atoms with Crippen molar-refractivity contribution in [2.75, 3.05) is 13.1 Å². The SMILES string of the molecule is Cc1nnc(C[C@@H]2C[C@H]3CN(C(=O)c4cc5ccccc5o4)C[C@H]3O2)o1. The van der Waals surface area contributed by atoms with E-state index in [0.717, 1.165) is 17.4 Å². The van der Waals surface area contributed by atoms with E-state index in [1.165, 1.54) is 0 Å². The van der Waals surface area contributed by atoms with Gasteiger partial charge in [-0.05, 0) is 18.6 Å². The van der Waals surface area contributed by atoms with Crippen LogP contribution in [0.1, 0.15) is 28.8 Å². The Kier molecular flexibility index (Phi) is 3.56. The van der Waals surface area contributed by atoms with E-state index in [4.69, 9.17) is 13.6 Å². The highest BCUT2D eigenvalue weighted by Gasteiger charge is 2.44. The van der Waals surface area contributed by atoms with Crippen molar-refractivity contribution in [2.24, 2.45) is 5.92 Å². The van der Waals surface area contributed by atoms with Gasteiger partial charge in [0.25, 0.3) is 5.91 Å². The van der Waals surface area contributed by atoms with Crippen molar-refractivity contribution in [3.63, 3.8) is 0 Å². The van der Waals surface area contributed by atoms with Crippen LogP contribution in [-0.4, -0.2) is 46.3 Å². The van der Waals surface area contributed by atoms with Gasteiger partial charge in [0.05, 0.1) is 18.6 Å². The molecule has 7 nitrogen and oxygen atoms in total. The van der Waals surface area contributed by atoms with Gasteiger partial charge in [-0.1, -0.05) is 18.2 Å². The van der Waals surface area contributed by atoms with Crippen molar-refractivity contribution in [3.8, 4) is 0 Å². The minimum atomic E-state index is -0.0664. The maximum atomic E-state index is 12.8. The Morgan fingerprint density at radius 3 is 2.88 bits per heavy atom. The first-order valence-corrected chi connectivity index (χ1v) is 8.88. The first-order chi connectivity index (χ1) is 12.7. The average Bonchev–Trinajstić information content (AvgIpc) is 3.36. The lowest BCUT2D eigenvalue weighted by Gasteiger charge is -2.17. The van der Waals surface area contributed by atoms with E-state index in [1.54, 1.807) is 6.92 Å². The molecule has 1 aromatic carbocycles. The van der Waals surface area contributed by atoms with Gasteiger partial charge in [0.2, 0.25) is 11.8 Å². The summed E-state index contributed by atoms with van der Waals surface area (Å²) in [5.41, 5.74) is 0.737. The van der Waals surface area contributed by atoms with Gasteiger partial charge < -0.3 is 18.5 Å². The molecule has 2 saturated heterocycles. The molecule has 7 heteroatoms. The lowest BCUT2D eigenvalue weighted by molar-refractivity contribution is 0.0330. The van der Waals surface area contributed by atoms with Gasteiger partial charge in [0, 0.05) is 31.3 Å². The zero-order valence-corrected chi connectivity index (χ0v) is 14.4. The van der Waals surface area contributed by atoms with Crippen LogP contribution in [0, 0.1) is 12.8 Å². The maximum absolute atomic E-state index is 12.8. The Balaban J connectivity index is 1.24. The van der Waals surface area contributed by atoms with Crippen LogP contribution in [0.25, 0.3) is 11.0 Å². The van der Waals surface area contributed by atoms with E-state index in [9.17, 15) is 4.79 Å². The Labute approximate surface area is 149 Å². The second kappa shape index (κ2) is 5.95. The molecule has 26 heavy (non-hydrogen) atoms. The summed E-state index contributed by atoms with van der Waals surface area (Å²) in [5.74, 6) is 1.85. The van der Waals surface area contributed by atoms with Gasteiger partial charge in [-0.25, -0.2) is 0 Å². The summed E-state index contributed by atoms with van der Waals surface area (Å²) in [6, 6.07) is 9.47. The molecule has 0 unspecified atom stereocenters. The molecule has 2 aliphatic heterocycles. The number of aromatic nitrogens is 2. The van der Waals surface area contributed by atoms with Crippen molar-refractivity contribution >= 4 is 16.9 Å². The smallest absolute Gasteiger partial charge is 0.289 e. The summed E-state index contributed by atoms with van der Waals surface area (Å²) in [4.78, 5) is 14.6. The van der Waals surface area contributed by atoms with Crippen LogP contribution in [0.15, 0.2) is 39.2 Å². The lowest BCUT2D eigenvalue weighted by Crippen LogP contribution is -2.31. The van der Waals surface area contributed by atoms with Crippen LogP contribution in [0.5, 0.6) is 0 Å². The van der Waals surface area contributed by atoms with Gasteiger partial charge in [-0.3, -0.25) is 4.79 Å². The Morgan fingerprint density at radius 2 is 2.12 bits per heavy atom. The normalized spacial score (nSPS) is 25.1. The first kappa shape index (κ1) is 15.6. The maximum Gasteiger partial charge on any atom is 0.289 e. The zero-order valence-electron chi connectivity index (χ0n) is 14.4. The Morgan fingerprint density at radius 1 is 1.23 bits per heavy atom. The molecule has 0 spiro atoms. The zero-order chi connectivity index (χ0) is 17.7. The third-order valence-electron chi connectivity index (χ3n) is 5.21. The van der Waals surface area contributed by atoms with Crippen LogP contribution in [0.4, 0.5) is 0 Å². The number of carbonyl (C=O) groups excluding carboxylic acids is 1. The topological polar surface area (TPSA) is 81.6 Å². The number of hydrogen-bond acceptors (Lipinski definition) is 6. The van der Waals surface area contributed by atoms with Crippen molar-refractivity contribution in [1.82, 2.24) is 15.1 Å². The molecule has 5 rings (SSSR count). The molecule has 3 atom stereocenters. The standard InChI is InChI=1S/C19H19N3O4/c1-11-20-21-18(24-11)8-14-6-13-9-22(10-17(13)25-14)19(23)16-7-12-4-2-3-5-15(12)26-16/h2-5,7,13-14,17H,6,8-10H2,1H3/t13-,14-,17+/m0/s1. The fraction of sp³-hybridized carbons (Fsp3) is 0.421. The number of benzene rings is 1. The van der Waals surface area contributed by atoms with Crippen LogP contribution in [0.2, 0.25) is 0 Å². The minimum absolute atomic E-state index is 0.0664. The molecule has 0 radical (unpaired) electrons. The highest BCUT2D eigenvalue weighted by molar-refractivity contribution is 5.96. The molecule has 0 bridgehead atoms. The van der Waals surface area contributed by atoms with Crippen LogP contribution in [0.3, 0.4) is 0 Å². The fourth-order valence-electron chi connectivity index (χ4n) is 4.02. The molecule has 134 valence electrons. The second-order valence-electron chi connectivity index (χ2n) is 7.07. The number of likely N-dealkylation sites (tertiary alicyclic amines) is 1. The summed E-state index contributed by atoms with van der Waals surface area (Å²) in [6.07, 6.45) is 1.67. The molecule has 3 aromatic rings. The monoisotopic (exact) mass is 353 g/mol. The van der Waals surface area contributed by atoms with E-state index >= 15 is 0 Å². The van der Waals surface area contributed by atoms with Gasteiger partial charge in [0.1, 0.15) is 5.58 Å². The van der Waals surface area contributed by atoms with Crippen molar-refractivity contribution in [3.05, 3.63) is 47.9 Å². The molecule has 0 aliphatic carbocycles. The number of ether oxygens (including phenoxy) is 1. The number of rotatable bonds is 3. The highest BCUT2D eigenvalue weighted by atomic mass is 16.5. The number of carbonyl (C=O) groups is 1. The number of para-hydroxylation sites is 1. The van der Waals surface area contributed by atoms with Crippen molar-refractivity contribution in [2.45, 2.75) is 32.0 Å². The number of aryl methyl sites for hydroxylation is 1. The van der Waals surface area contributed by atoms with Crippen LogP contribution < -0.4 is 0 Å². The lowest BCUT2D eigenvalue weighted by atomic mass is 10.0. The van der Waals surface area contributed by atoms with E-state index < -0.39 is 0 Å². The molecule has 0 saturated carbocycles. The number of amides is 1. The molecular formula is C19H19N3O4. The second-order valence-corrected chi connectivity index (χ2v) is 7.07.